The number of hydrogen-bond acceptors (Lipinski definition) is 4. The summed E-state index contributed by atoms with van der Waals surface area (Å²) in [6.45, 7) is 2.04. The molecule has 0 unspecified atom stereocenters. The molecule has 0 saturated heterocycles. The van der Waals surface area contributed by atoms with E-state index in [4.69, 9.17) is 0 Å². The Hall–Kier alpha value is -2.63. The summed E-state index contributed by atoms with van der Waals surface area (Å²) in [6.07, 6.45) is 4.40. The van der Waals surface area contributed by atoms with Gasteiger partial charge in [0.25, 0.3) is 0 Å². The number of nitrogens with one attached hydrogen (secondary N) is 1. The van der Waals surface area contributed by atoms with Crippen LogP contribution in [0, 0.1) is 0 Å². The van der Waals surface area contributed by atoms with Crippen LogP contribution in [0.2, 0.25) is 0 Å². The first-order valence-corrected chi connectivity index (χ1v) is 5.85. The molecular formula is C13H14N4O2. The molecule has 0 spiro atoms. The third-order valence-electron chi connectivity index (χ3n) is 2.27. The Labute approximate surface area is 110 Å². The lowest BCUT2D eigenvalue weighted by molar-refractivity contribution is 0.152. The second-order valence-electron chi connectivity index (χ2n) is 3.64. The van der Waals surface area contributed by atoms with E-state index in [1.54, 1.807) is 17.8 Å². The maximum Gasteiger partial charge on any atom is 0.427 e. The summed E-state index contributed by atoms with van der Waals surface area (Å²) in [7, 11) is 0. The minimum Gasteiger partial charge on any atom is -0.449 e. The Morgan fingerprint density at radius 2 is 2.26 bits per heavy atom. The van der Waals surface area contributed by atoms with Crippen LogP contribution in [0.5, 0.6) is 0 Å². The molecule has 2 aromatic rings. The van der Waals surface area contributed by atoms with E-state index in [1.807, 2.05) is 36.5 Å². The molecule has 19 heavy (non-hydrogen) atoms. The molecule has 2 rings (SSSR count). The summed E-state index contributed by atoms with van der Waals surface area (Å²) < 4.78 is 6.40. The molecule has 0 atom stereocenters. The van der Waals surface area contributed by atoms with Gasteiger partial charge in [-0.05, 0) is 19.1 Å². The van der Waals surface area contributed by atoms with Gasteiger partial charge in [0.2, 0.25) is 0 Å². The average Bonchev–Trinajstić information content (AvgIpc) is 2.89. The van der Waals surface area contributed by atoms with Crippen molar-refractivity contribution >= 4 is 12.3 Å². The van der Waals surface area contributed by atoms with E-state index in [0.29, 0.717) is 6.61 Å². The van der Waals surface area contributed by atoms with E-state index < -0.39 is 6.09 Å². The number of amides is 1. The summed E-state index contributed by atoms with van der Waals surface area (Å²) in [5.41, 5.74) is 3.99. The van der Waals surface area contributed by atoms with Crippen LogP contribution >= 0.6 is 0 Å². The van der Waals surface area contributed by atoms with Crippen molar-refractivity contribution in [3.63, 3.8) is 0 Å². The van der Waals surface area contributed by atoms with Crippen LogP contribution < -0.4 is 5.43 Å². The molecule has 0 aliphatic rings. The predicted molar refractivity (Wildman–Crippen MR) is 71.3 cm³/mol. The molecule has 1 aromatic heterocycles. The molecule has 0 saturated carbocycles. The quantitative estimate of drug-likeness (QED) is 0.673. The van der Waals surface area contributed by atoms with Crippen LogP contribution in [-0.4, -0.2) is 28.7 Å². The van der Waals surface area contributed by atoms with Crippen molar-refractivity contribution in [1.82, 2.24) is 15.2 Å². The Balaban J connectivity index is 1.98. The molecule has 6 heteroatoms. The minimum absolute atomic E-state index is 0.313. The van der Waals surface area contributed by atoms with E-state index in [-0.39, 0.29) is 0 Å². The molecule has 0 aliphatic heterocycles. The van der Waals surface area contributed by atoms with Crippen LogP contribution in [0.3, 0.4) is 0 Å². The van der Waals surface area contributed by atoms with Gasteiger partial charge in [-0.1, -0.05) is 18.2 Å². The number of hydrogen-bond donors (Lipinski definition) is 1. The first-order chi connectivity index (χ1) is 9.29. The molecule has 0 bridgehead atoms. The van der Waals surface area contributed by atoms with E-state index in [0.717, 1.165) is 11.3 Å². The topological polar surface area (TPSA) is 68.5 Å². The highest BCUT2D eigenvalue weighted by molar-refractivity contribution is 5.80. The van der Waals surface area contributed by atoms with Gasteiger partial charge >= 0.3 is 6.09 Å². The van der Waals surface area contributed by atoms with Gasteiger partial charge in [0.15, 0.2) is 0 Å². The maximum atomic E-state index is 11.0. The summed E-state index contributed by atoms with van der Waals surface area (Å²) in [4.78, 5) is 11.0. The lowest BCUT2D eigenvalue weighted by Crippen LogP contribution is -2.18. The smallest absolute Gasteiger partial charge is 0.427 e. The van der Waals surface area contributed by atoms with Gasteiger partial charge in [-0.15, -0.1) is 0 Å². The summed E-state index contributed by atoms with van der Waals surface area (Å²) in [5.74, 6) is 0. The Morgan fingerprint density at radius 1 is 1.47 bits per heavy atom. The monoisotopic (exact) mass is 258 g/mol. The number of benzene rings is 1. The molecule has 0 radical (unpaired) electrons. The highest BCUT2D eigenvalue weighted by Gasteiger charge is 1.99. The number of carbonyl (C=O) groups excluding carboxylic acids is 1. The fourth-order valence-electron chi connectivity index (χ4n) is 1.45. The SMILES string of the molecule is CCOC(=O)N/N=C\c1cnn(-c2ccccc2)c1. The van der Waals surface area contributed by atoms with E-state index >= 15 is 0 Å². The fourth-order valence-corrected chi connectivity index (χ4v) is 1.45. The Kier molecular flexibility index (Phi) is 4.28. The normalized spacial score (nSPS) is 10.6. The second-order valence-corrected chi connectivity index (χ2v) is 3.64. The van der Waals surface area contributed by atoms with E-state index in [2.05, 4.69) is 20.4 Å². The highest BCUT2D eigenvalue weighted by Crippen LogP contribution is 2.06. The number of para-hydroxylation sites is 1. The standard InChI is InChI=1S/C13H14N4O2/c1-2-19-13(18)16-14-8-11-9-15-17(10-11)12-6-4-3-5-7-12/h3-10H,2H2,1H3,(H,16,18)/b14-8-. The number of aromatic nitrogens is 2. The molecule has 1 N–H and O–H groups in total. The molecule has 1 heterocycles. The largest absolute Gasteiger partial charge is 0.449 e. The van der Waals surface area contributed by atoms with Gasteiger partial charge < -0.3 is 4.74 Å². The number of rotatable bonds is 4. The zero-order valence-corrected chi connectivity index (χ0v) is 10.5. The molecular weight excluding hydrogens is 244 g/mol. The van der Waals surface area contributed by atoms with Crippen molar-refractivity contribution < 1.29 is 9.53 Å². The first kappa shape index (κ1) is 12.8. The van der Waals surface area contributed by atoms with Crippen LogP contribution in [-0.2, 0) is 4.74 Å². The van der Waals surface area contributed by atoms with Crippen LogP contribution in [0.4, 0.5) is 4.79 Å². The van der Waals surface area contributed by atoms with E-state index in [9.17, 15) is 4.79 Å². The molecule has 0 aliphatic carbocycles. The van der Waals surface area contributed by atoms with Crippen molar-refractivity contribution in [2.75, 3.05) is 6.61 Å². The predicted octanol–water partition coefficient (Wildman–Crippen LogP) is 1.95. The summed E-state index contributed by atoms with van der Waals surface area (Å²) >= 11 is 0. The third kappa shape index (κ3) is 3.67. The van der Waals surface area contributed by atoms with Gasteiger partial charge in [0.05, 0.1) is 24.7 Å². The summed E-state index contributed by atoms with van der Waals surface area (Å²) in [5, 5.41) is 7.97. The molecule has 98 valence electrons. The molecule has 6 nitrogen and oxygen atoms in total. The minimum atomic E-state index is -0.575. The van der Waals surface area contributed by atoms with E-state index in [1.165, 1.54) is 6.21 Å². The summed E-state index contributed by atoms with van der Waals surface area (Å²) in [6, 6.07) is 9.72. The van der Waals surface area contributed by atoms with Crippen LogP contribution in [0.15, 0.2) is 47.8 Å². The van der Waals surface area contributed by atoms with Crippen molar-refractivity contribution in [2.45, 2.75) is 6.92 Å². The van der Waals surface area contributed by atoms with Crippen LogP contribution in [0.1, 0.15) is 12.5 Å². The highest BCUT2D eigenvalue weighted by atomic mass is 16.5. The second kappa shape index (κ2) is 6.34. The zero-order chi connectivity index (χ0) is 13.5. The molecule has 1 amide bonds. The van der Waals surface area contributed by atoms with Gasteiger partial charge in [-0.3, -0.25) is 0 Å². The maximum absolute atomic E-state index is 11.0. The van der Waals surface area contributed by atoms with Crippen molar-refractivity contribution in [2.24, 2.45) is 5.10 Å². The van der Waals surface area contributed by atoms with Crippen molar-refractivity contribution in [3.8, 4) is 5.69 Å². The van der Waals surface area contributed by atoms with Crippen molar-refractivity contribution in [3.05, 3.63) is 48.3 Å². The lowest BCUT2D eigenvalue weighted by atomic mass is 10.3. The van der Waals surface area contributed by atoms with Crippen molar-refractivity contribution in [1.29, 1.82) is 0 Å². The first-order valence-electron chi connectivity index (χ1n) is 5.85. The number of carbonyl (C=O) groups is 1. The number of hydrazone groups is 1. The zero-order valence-electron chi connectivity index (χ0n) is 10.5. The number of nitrogens with zero attached hydrogens (tertiary/aromatic N) is 3. The average molecular weight is 258 g/mol. The molecule has 0 fully saturated rings. The van der Waals surface area contributed by atoms with Gasteiger partial charge in [0, 0.05) is 11.8 Å². The molecule has 1 aromatic carbocycles. The van der Waals surface area contributed by atoms with Gasteiger partial charge in [-0.25, -0.2) is 14.9 Å². The van der Waals surface area contributed by atoms with Gasteiger partial charge in [-0.2, -0.15) is 10.2 Å². The van der Waals surface area contributed by atoms with Gasteiger partial charge in [0.1, 0.15) is 0 Å². The fraction of sp³-hybridized carbons (Fsp3) is 0.154. The van der Waals surface area contributed by atoms with Crippen LogP contribution in [0.25, 0.3) is 5.69 Å². The Morgan fingerprint density at radius 3 is 3.00 bits per heavy atom. The number of ether oxygens (including phenoxy) is 1. The Bertz CT molecular complexity index is 563. The lowest BCUT2D eigenvalue weighted by Gasteiger charge is -1.98. The third-order valence-corrected chi connectivity index (χ3v) is 2.27.